The predicted octanol–water partition coefficient (Wildman–Crippen LogP) is 3.13. The second-order valence-corrected chi connectivity index (χ2v) is 7.87. The van der Waals surface area contributed by atoms with Gasteiger partial charge >= 0.3 is 0 Å². The van der Waals surface area contributed by atoms with Gasteiger partial charge in [-0.15, -0.1) is 0 Å². The van der Waals surface area contributed by atoms with Crippen LogP contribution in [-0.2, 0) is 9.53 Å². The van der Waals surface area contributed by atoms with Crippen LogP contribution in [0.3, 0.4) is 0 Å². The SMILES string of the molecule is CC(=O)N1c2ccc(N3CCOCC3)cc2[C@H](Oc2cnc(C)cn2)[C@@H](C)[C@@H]1C. The van der Waals surface area contributed by atoms with Crippen molar-refractivity contribution in [3.05, 3.63) is 41.9 Å². The van der Waals surface area contributed by atoms with Gasteiger partial charge in [0.25, 0.3) is 0 Å². The highest BCUT2D eigenvalue weighted by atomic mass is 16.5. The average Bonchev–Trinajstić information content (AvgIpc) is 2.73. The number of morpholine rings is 1. The monoisotopic (exact) mass is 396 g/mol. The zero-order valence-corrected chi connectivity index (χ0v) is 17.5. The van der Waals surface area contributed by atoms with Gasteiger partial charge in [-0.25, -0.2) is 4.98 Å². The van der Waals surface area contributed by atoms with Gasteiger partial charge in [0.1, 0.15) is 6.10 Å². The molecule has 0 radical (unpaired) electrons. The van der Waals surface area contributed by atoms with Crippen LogP contribution in [0, 0.1) is 12.8 Å². The molecule has 4 rings (SSSR count). The van der Waals surface area contributed by atoms with Crippen molar-refractivity contribution in [2.45, 2.75) is 39.8 Å². The molecule has 7 nitrogen and oxygen atoms in total. The molecule has 0 N–H and O–H groups in total. The Morgan fingerprint density at radius 3 is 2.59 bits per heavy atom. The molecule has 0 bridgehead atoms. The molecule has 0 saturated carbocycles. The molecule has 2 aliphatic heterocycles. The van der Waals surface area contributed by atoms with E-state index >= 15 is 0 Å². The lowest BCUT2D eigenvalue weighted by Crippen LogP contribution is -2.48. The number of nitrogens with zero attached hydrogens (tertiary/aromatic N) is 4. The molecule has 29 heavy (non-hydrogen) atoms. The number of benzene rings is 1. The van der Waals surface area contributed by atoms with Gasteiger partial charge in [-0.05, 0) is 32.0 Å². The van der Waals surface area contributed by atoms with Crippen LogP contribution in [0.4, 0.5) is 11.4 Å². The van der Waals surface area contributed by atoms with E-state index in [0.717, 1.165) is 48.9 Å². The van der Waals surface area contributed by atoms with E-state index in [1.807, 2.05) is 17.9 Å². The third-order valence-electron chi connectivity index (χ3n) is 5.94. The zero-order valence-electron chi connectivity index (χ0n) is 17.5. The first-order valence-electron chi connectivity index (χ1n) is 10.2. The first-order valence-corrected chi connectivity index (χ1v) is 10.2. The van der Waals surface area contributed by atoms with E-state index in [-0.39, 0.29) is 24.0 Å². The van der Waals surface area contributed by atoms with Gasteiger partial charge in [0.2, 0.25) is 11.8 Å². The molecule has 1 aromatic heterocycles. The first-order chi connectivity index (χ1) is 14.0. The molecule has 0 unspecified atom stereocenters. The molecule has 2 aromatic rings. The molecule has 1 aromatic carbocycles. The Kier molecular flexibility index (Phi) is 5.41. The molecule has 0 aliphatic carbocycles. The fourth-order valence-electron chi connectivity index (χ4n) is 4.20. The Bertz CT molecular complexity index is 880. The number of aryl methyl sites for hydroxylation is 1. The van der Waals surface area contributed by atoms with Crippen LogP contribution in [0.25, 0.3) is 0 Å². The molecule has 2 aliphatic rings. The van der Waals surface area contributed by atoms with Crippen LogP contribution >= 0.6 is 0 Å². The van der Waals surface area contributed by atoms with Crippen LogP contribution in [0.1, 0.15) is 38.1 Å². The molecule has 3 atom stereocenters. The standard InChI is InChI=1S/C22H28N4O3/c1-14-12-24-21(13-23-14)29-22-15(2)16(3)26(17(4)27)20-6-5-18(11-19(20)22)25-7-9-28-10-8-25/h5-6,11-13,15-16,22H,7-10H2,1-4H3/t15-,16-,22+/m0/s1. The number of rotatable bonds is 3. The van der Waals surface area contributed by atoms with Crippen LogP contribution in [-0.4, -0.2) is 48.2 Å². The summed E-state index contributed by atoms with van der Waals surface area (Å²) in [6.07, 6.45) is 3.16. The maximum atomic E-state index is 12.4. The normalized spacial score (nSPS) is 24.2. The van der Waals surface area contributed by atoms with E-state index < -0.39 is 0 Å². The van der Waals surface area contributed by atoms with Crippen LogP contribution in [0.2, 0.25) is 0 Å². The summed E-state index contributed by atoms with van der Waals surface area (Å²) in [5, 5.41) is 0. The van der Waals surface area contributed by atoms with E-state index in [1.54, 1.807) is 19.3 Å². The van der Waals surface area contributed by atoms with Gasteiger partial charge in [0.05, 0.1) is 37.0 Å². The van der Waals surface area contributed by atoms with Gasteiger partial charge in [-0.2, -0.15) is 0 Å². The minimum atomic E-state index is -0.214. The highest BCUT2D eigenvalue weighted by Crippen LogP contribution is 2.44. The van der Waals surface area contributed by atoms with E-state index in [0.29, 0.717) is 5.88 Å². The Hall–Kier alpha value is -2.67. The summed E-state index contributed by atoms with van der Waals surface area (Å²) in [4.78, 5) is 25.3. The fourth-order valence-corrected chi connectivity index (χ4v) is 4.20. The van der Waals surface area contributed by atoms with Crippen molar-refractivity contribution in [1.29, 1.82) is 0 Å². The second kappa shape index (κ2) is 7.99. The minimum Gasteiger partial charge on any atom is -0.468 e. The van der Waals surface area contributed by atoms with E-state index in [2.05, 4.69) is 40.8 Å². The molecule has 1 saturated heterocycles. The van der Waals surface area contributed by atoms with E-state index in [1.165, 1.54) is 0 Å². The lowest BCUT2D eigenvalue weighted by atomic mass is 9.84. The molecule has 1 amide bonds. The lowest BCUT2D eigenvalue weighted by molar-refractivity contribution is -0.117. The number of carbonyl (C=O) groups excluding carboxylic acids is 1. The molecular weight excluding hydrogens is 368 g/mol. The summed E-state index contributed by atoms with van der Waals surface area (Å²) < 4.78 is 11.8. The maximum absolute atomic E-state index is 12.4. The number of hydrogen-bond donors (Lipinski definition) is 0. The Labute approximate surface area is 171 Å². The van der Waals surface area contributed by atoms with Crippen molar-refractivity contribution in [3.8, 4) is 5.88 Å². The van der Waals surface area contributed by atoms with Gasteiger partial charge in [-0.3, -0.25) is 9.78 Å². The number of fused-ring (bicyclic) bond motifs is 1. The quantitative estimate of drug-likeness (QED) is 0.794. The number of hydrogen-bond acceptors (Lipinski definition) is 6. The highest BCUT2D eigenvalue weighted by molar-refractivity contribution is 5.94. The average molecular weight is 396 g/mol. The van der Waals surface area contributed by atoms with Crippen molar-refractivity contribution in [2.75, 3.05) is 36.1 Å². The Balaban J connectivity index is 1.75. The van der Waals surface area contributed by atoms with Crippen LogP contribution in [0.5, 0.6) is 5.88 Å². The van der Waals surface area contributed by atoms with Gasteiger partial charge in [0, 0.05) is 43.2 Å². The smallest absolute Gasteiger partial charge is 0.232 e. The summed E-state index contributed by atoms with van der Waals surface area (Å²) in [5.41, 5.74) is 3.89. The van der Waals surface area contributed by atoms with Gasteiger partial charge < -0.3 is 19.3 Å². The Morgan fingerprint density at radius 2 is 1.93 bits per heavy atom. The summed E-state index contributed by atoms with van der Waals surface area (Å²) in [6, 6.07) is 6.30. The van der Waals surface area contributed by atoms with Crippen molar-refractivity contribution in [1.82, 2.24) is 9.97 Å². The summed E-state index contributed by atoms with van der Waals surface area (Å²) in [5.74, 6) is 0.631. The first kappa shape index (κ1) is 19.6. The Morgan fingerprint density at radius 1 is 1.17 bits per heavy atom. The highest BCUT2D eigenvalue weighted by Gasteiger charge is 2.40. The molecular formula is C22H28N4O3. The van der Waals surface area contributed by atoms with Crippen molar-refractivity contribution >= 4 is 17.3 Å². The van der Waals surface area contributed by atoms with Crippen molar-refractivity contribution in [3.63, 3.8) is 0 Å². The van der Waals surface area contributed by atoms with Gasteiger partial charge in [-0.1, -0.05) is 6.92 Å². The van der Waals surface area contributed by atoms with Crippen molar-refractivity contribution < 1.29 is 14.3 Å². The number of anilines is 2. The van der Waals surface area contributed by atoms with Crippen molar-refractivity contribution in [2.24, 2.45) is 5.92 Å². The van der Waals surface area contributed by atoms with Crippen LogP contribution < -0.4 is 14.5 Å². The minimum absolute atomic E-state index is 0.0117. The number of aromatic nitrogens is 2. The molecule has 1 fully saturated rings. The predicted molar refractivity (Wildman–Crippen MR) is 111 cm³/mol. The molecule has 7 heteroatoms. The third-order valence-corrected chi connectivity index (χ3v) is 5.94. The second-order valence-electron chi connectivity index (χ2n) is 7.87. The largest absolute Gasteiger partial charge is 0.468 e. The topological polar surface area (TPSA) is 67.8 Å². The summed E-state index contributed by atoms with van der Waals surface area (Å²) >= 11 is 0. The number of carbonyl (C=O) groups is 1. The van der Waals surface area contributed by atoms with Crippen LogP contribution in [0.15, 0.2) is 30.6 Å². The summed E-state index contributed by atoms with van der Waals surface area (Å²) in [7, 11) is 0. The molecule has 0 spiro atoms. The third kappa shape index (κ3) is 3.79. The number of amides is 1. The van der Waals surface area contributed by atoms with E-state index in [4.69, 9.17) is 9.47 Å². The number of ether oxygens (including phenoxy) is 2. The fraction of sp³-hybridized carbons (Fsp3) is 0.500. The molecule has 3 heterocycles. The zero-order chi connectivity index (χ0) is 20.5. The lowest BCUT2D eigenvalue weighted by Gasteiger charge is -2.43. The summed E-state index contributed by atoms with van der Waals surface area (Å²) in [6.45, 7) is 10.9. The van der Waals surface area contributed by atoms with Gasteiger partial charge in [0.15, 0.2) is 0 Å². The van der Waals surface area contributed by atoms with E-state index in [9.17, 15) is 4.79 Å². The molecule has 154 valence electrons. The maximum Gasteiger partial charge on any atom is 0.232 e.